The first-order valence-corrected chi connectivity index (χ1v) is 6.35. The minimum absolute atomic E-state index is 0. The number of halogens is 2. The molecule has 1 aliphatic heterocycles. The van der Waals surface area contributed by atoms with Crippen LogP contribution in [0.15, 0.2) is 28.8 Å². The van der Waals surface area contributed by atoms with Crippen LogP contribution in [0.2, 0.25) is 0 Å². The molecule has 8 heteroatoms. The van der Waals surface area contributed by atoms with E-state index in [4.69, 9.17) is 14.0 Å². The molecule has 2 aromatic rings. The minimum Gasteiger partial charge on any atom is -0.482 e. The van der Waals surface area contributed by atoms with E-state index in [9.17, 15) is 4.39 Å². The van der Waals surface area contributed by atoms with Gasteiger partial charge in [-0.1, -0.05) is 17.3 Å². The van der Waals surface area contributed by atoms with Crippen molar-refractivity contribution in [2.75, 3.05) is 19.7 Å². The van der Waals surface area contributed by atoms with Crippen LogP contribution in [0.4, 0.5) is 4.39 Å². The normalized spacial score (nSPS) is 18.0. The monoisotopic (exact) mass is 315 g/mol. The van der Waals surface area contributed by atoms with E-state index in [1.165, 1.54) is 6.07 Å². The predicted octanol–water partition coefficient (Wildman–Crippen LogP) is 1.87. The van der Waals surface area contributed by atoms with Gasteiger partial charge in [0.1, 0.15) is 6.10 Å². The second kappa shape index (κ2) is 7.35. The lowest BCUT2D eigenvalue weighted by Crippen LogP contribution is -2.33. The van der Waals surface area contributed by atoms with Crippen molar-refractivity contribution < 1.29 is 18.4 Å². The Hall–Kier alpha value is -1.70. The summed E-state index contributed by atoms with van der Waals surface area (Å²) in [6.07, 6.45) is -0.238. The fourth-order valence-corrected chi connectivity index (χ4v) is 1.89. The maximum Gasteiger partial charge on any atom is 0.257 e. The van der Waals surface area contributed by atoms with Crippen LogP contribution in [0, 0.1) is 5.82 Å². The minimum atomic E-state index is -0.420. The molecule has 1 aliphatic rings. The second-order valence-electron chi connectivity index (χ2n) is 4.33. The maximum absolute atomic E-state index is 13.4. The van der Waals surface area contributed by atoms with Crippen LogP contribution >= 0.6 is 12.4 Å². The number of hydrogen-bond donors (Lipinski definition) is 1. The molecule has 0 bridgehead atoms. The van der Waals surface area contributed by atoms with E-state index in [0.717, 1.165) is 6.54 Å². The van der Waals surface area contributed by atoms with E-state index in [0.29, 0.717) is 24.9 Å². The van der Waals surface area contributed by atoms with Crippen molar-refractivity contribution in [1.29, 1.82) is 0 Å². The summed E-state index contributed by atoms with van der Waals surface area (Å²) in [5.74, 6) is 0.507. The topological polar surface area (TPSA) is 69.4 Å². The molecule has 21 heavy (non-hydrogen) atoms. The standard InChI is InChI=1S/C13H14FN3O3.ClH/c14-9-3-1-2-4-10(9)19-8-12-16-13(20-17-12)11-7-15-5-6-18-11;/h1-4,11,15H,5-8H2;1H. The summed E-state index contributed by atoms with van der Waals surface area (Å²) in [5.41, 5.74) is 0. The second-order valence-corrected chi connectivity index (χ2v) is 4.33. The molecule has 0 amide bonds. The number of nitrogens with one attached hydrogen (secondary N) is 1. The highest BCUT2D eigenvalue weighted by Gasteiger charge is 2.22. The van der Waals surface area contributed by atoms with E-state index in [2.05, 4.69) is 15.5 Å². The Bertz CT molecular complexity index is 575. The van der Waals surface area contributed by atoms with Gasteiger partial charge in [-0.2, -0.15) is 4.98 Å². The van der Waals surface area contributed by atoms with Gasteiger partial charge in [-0.25, -0.2) is 4.39 Å². The largest absolute Gasteiger partial charge is 0.482 e. The molecule has 0 radical (unpaired) electrons. The Balaban J connectivity index is 0.00000161. The zero-order valence-corrected chi connectivity index (χ0v) is 11.9. The van der Waals surface area contributed by atoms with E-state index in [1.54, 1.807) is 18.2 Å². The zero-order valence-electron chi connectivity index (χ0n) is 11.1. The van der Waals surface area contributed by atoms with Crippen LogP contribution in [-0.2, 0) is 11.3 Å². The molecule has 1 fully saturated rings. The Kier molecular flexibility index (Phi) is 5.49. The van der Waals surface area contributed by atoms with Crippen LogP contribution < -0.4 is 10.1 Å². The SMILES string of the molecule is Cl.Fc1ccccc1OCc1noc(C2CNCCO2)n1. The first kappa shape index (κ1) is 15.7. The maximum atomic E-state index is 13.4. The third-order valence-electron chi connectivity index (χ3n) is 2.88. The van der Waals surface area contributed by atoms with Gasteiger partial charge in [-0.05, 0) is 12.1 Å². The molecule has 0 spiro atoms. The van der Waals surface area contributed by atoms with Gasteiger partial charge < -0.3 is 19.3 Å². The number of ether oxygens (including phenoxy) is 2. The summed E-state index contributed by atoms with van der Waals surface area (Å²) in [6, 6.07) is 6.17. The smallest absolute Gasteiger partial charge is 0.257 e. The number of aromatic nitrogens is 2. The number of nitrogens with zero attached hydrogens (tertiary/aromatic N) is 2. The average molecular weight is 316 g/mol. The molecule has 1 aromatic carbocycles. The Labute approximate surface area is 127 Å². The lowest BCUT2D eigenvalue weighted by molar-refractivity contribution is 0.00755. The van der Waals surface area contributed by atoms with Crippen molar-refractivity contribution in [2.24, 2.45) is 0 Å². The Morgan fingerprint density at radius 3 is 3.00 bits per heavy atom. The summed E-state index contributed by atoms with van der Waals surface area (Å²) in [4.78, 5) is 4.19. The average Bonchev–Trinajstić information content (AvgIpc) is 2.96. The van der Waals surface area contributed by atoms with E-state index >= 15 is 0 Å². The summed E-state index contributed by atoms with van der Waals surface area (Å²) in [7, 11) is 0. The van der Waals surface area contributed by atoms with Gasteiger partial charge in [0.05, 0.1) is 6.61 Å². The highest BCUT2D eigenvalue weighted by Crippen LogP contribution is 2.19. The molecule has 1 atom stereocenters. The molecule has 1 N–H and O–H groups in total. The molecule has 1 unspecified atom stereocenters. The number of benzene rings is 1. The van der Waals surface area contributed by atoms with Gasteiger partial charge in [0, 0.05) is 13.1 Å². The van der Waals surface area contributed by atoms with Crippen molar-refractivity contribution in [2.45, 2.75) is 12.7 Å². The number of rotatable bonds is 4. The third kappa shape index (κ3) is 3.90. The number of para-hydroxylation sites is 1. The van der Waals surface area contributed by atoms with Gasteiger partial charge in [0.25, 0.3) is 5.89 Å². The third-order valence-corrected chi connectivity index (χ3v) is 2.88. The van der Waals surface area contributed by atoms with Crippen LogP contribution in [0.5, 0.6) is 5.75 Å². The van der Waals surface area contributed by atoms with Crippen molar-refractivity contribution in [3.63, 3.8) is 0 Å². The molecule has 2 heterocycles. The lowest BCUT2D eigenvalue weighted by atomic mass is 10.3. The van der Waals surface area contributed by atoms with Gasteiger partial charge in [0.15, 0.2) is 18.2 Å². The van der Waals surface area contributed by atoms with E-state index in [1.807, 2.05) is 0 Å². The molecule has 0 saturated carbocycles. The summed E-state index contributed by atoms with van der Waals surface area (Å²) < 4.78 is 29.3. The molecular formula is C13H15ClFN3O3. The van der Waals surface area contributed by atoms with Gasteiger partial charge in [-0.3, -0.25) is 0 Å². The first-order chi connectivity index (χ1) is 9.83. The van der Waals surface area contributed by atoms with Crippen LogP contribution in [-0.4, -0.2) is 29.8 Å². The number of hydrogen-bond acceptors (Lipinski definition) is 6. The Morgan fingerprint density at radius 1 is 1.38 bits per heavy atom. The van der Waals surface area contributed by atoms with Gasteiger partial charge >= 0.3 is 0 Å². The molecular weight excluding hydrogens is 301 g/mol. The van der Waals surface area contributed by atoms with Crippen molar-refractivity contribution in [1.82, 2.24) is 15.5 Å². The highest BCUT2D eigenvalue weighted by atomic mass is 35.5. The van der Waals surface area contributed by atoms with Crippen LogP contribution in [0.25, 0.3) is 0 Å². The van der Waals surface area contributed by atoms with Crippen molar-refractivity contribution in [3.05, 3.63) is 41.8 Å². The molecule has 114 valence electrons. The highest BCUT2D eigenvalue weighted by molar-refractivity contribution is 5.85. The molecule has 1 aromatic heterocycles. The first-order valence-electron chi connectivity index (χ1n) is 6.35. The van der Waals surface area contributed by atoms with Crippen molar-refractivity contribution in [3.8, 4) is 5.75 Å². The van der Waals surface area contributed by atoms with E-state index < -0.39 is 5.82 Å². The van der Waals surface area contributed by atoms with Gasteiger partial charge in [-0.15, -0.1) is 12.4 Å². The van der Waals surface area contributed by atoms with Crippen LogP contribution in [0.3, 0.4) is 0 Å². The molecule has 6 nitrogen and oxygen atoms in total. The summed E-state index contributed by atoms with van der Waals surface area (Å²) in [6.45, 7) is 2.10. The zero-order chi connectivity index (χ0) is 13.8. The molecule has 3 rings (SSSR count). The predicted molar refractivity (Wildman–Crippen MR) is 73.8 cm³/mol. The summed E-state index contributed by atoms with van der Waals surface area (Å²) in [5, 5.41) is 6.97. The van der Waals surface area contributed by atoms with E-state index in [-0.39, 0.29) is 30.9 Å². The fraction of sp³-hybridized carbons (Fsp3) is 0.385. The lowest BCUT2D eigenvalue weighted by Gasteiger charge is -2.19. The fourth-order valence-electron chi connectivity index (χ4n) is 1.89. The van der Waals surface area contributed by atoms with Crippen molar-refractivity contribution >= 4 is 12.4 Å². The molecule has 1 saturated heterocycles. The van der Waals surface area contributed by atoms with Crippen LogP contribution in [0.1, 0.15) is 17.8 Å². The number of morpholine rings is 1. The quantitative estimate of drug-likeness (QED) is 0.929. The van der Waals surface area contributed by atoms with Gasteiger partial charge in [0.2, 0.25) is 5.82 Å². The molecule has 0 aliphatic carbocycles. The summed E-state index contributed by atoms with van der Waals surface area (Å²) >= 11 is 0. The Morgan fingerprint density at radius 2 is 2.24 bits per heavy atom.